The zero-order chi connectivity index (χ0) is 22.9. The van der Waals surface area contributed by atoms with Crippen LogP contribution in [-0.4, -0.2) is 25.6 Å². The maximum absolute atomic E-state index is 12.9. The summed E-state index contributed by atoms with van der Waals surface area (Å²) in [6.07, 6.45) is 0.629. The molecule has 1 unspecified atom stereocenters. The molecular weight excluding hydrogens is 409 g/mol. The molecule has 1 atom stereocenters. The van der Waals surface area contributed by atoms with E-state index in [9.17, 15) is 9.18 Å². The van der Waals surface area contributed by atoms with E-state index in [4.69, 9.17) is 14.7 Å². The van der Waals surface area contributed by atoms with Gasteiger partial charge in [-0.2, -0.15) is 5.26 Å². The van der Waals surface area contributed by atoms with Crippen LogP contribution in [-0.2, 0) is 11.2 Å². The third-order valence-electron chi connectivity index (χ3n) is 4.78. The van der Waals surface area contributed by atoms with Crippen LogP contribution >= 0.6 is 0 Å². The zero-order valence-corrected chi connectivity index (χ0v) is 17.9. The Kier molecular flexibility index (Phi) is 7.65. The van der Waals surface area contributed by atoms with Crippen LogP contribution in [0.3, 0.4) is 0 Å². The highest BCUT2D eigenvalue weighted by atomic mass is 19.1. The first kappa shape index (κ1) is 22.6. The van der Waals surface area contributed by atoms with Crippen LogP contribution in [0.15, 0.2) is 66.7 Å². The highest BCUT2D eigenvalue weighted by Gasteiger charge is 2.12. The normalized spacial score (nSPS) is 11.2. The number of halogens is 1. The Labute approximate surface area is 186 Å². The Morgan fingerprint density at radius 3 is 2.44 bits per heavy atom. The minimum atomic E-state index is -0.436. The number of ether oxygens (including phenoxy) is 2. The number of nitriles is 1. The first-order valence-electron chi connectivity index (χ1n) is 10.1. The number of carbonyl (C=O) groups excluding carboxylic acids is 1. The predicted molar refractivity (Wildman–Crippen MR) is 120 cm³/mol. The molecule has 0 aromatic heterocycles. The number of nitrogens with zero attached hydrogens (tertiary/aromatic N) is 1. The number of anilines is 1. The second-order valence-corrected chi connectivity index (χ2v) is 7.14. The van der Waals surface area contributed by atoms with Crippen molar-refractivity contribution in [2.45, 2.75) is 19.4 Å². The highest BCUT2D eigenvalue weighted by molar-refractivity contribution is 5.84. The van der Waals surface area contributed by atoms with E-state index in [2.05, 4.69) is 16.7 Å². The summed E-state index contributed by atoms with van der Waals surface area (Å²) in [5, 5.41) is 15.0. The molecule has 0 spiro atoms. The van der Waals surface area contributed by atoms with Crippen molar-refractivity contribution in [1.82, 2.24) is 5.32 Å². The summed E-state index contributed by atoms with van der Waals surface area (Å²) < 4.78 is 24.1. The smallest absolute Gasteiger partial charge is 0.242 e. The molecule has 0 heterocycles. The van der Waals surface area contributed by atoms with Gasteiger partial charge in [-0.05, 0) is 67.4 Å². The van der Waals surface area contributed by atoms with Crippen molar-refractivity contribution in [1.29, 1.82) is 5.26 Å². The molecule has 32 heavy (non-hydrogen) atoms. The minimum absolute atomic E-state index is 0.130. The van der Waals surface area contributed by atoms with Crippen molar-refractivity contribution in [3.63, 3.8) is 0 Å². The number of amides is 1. The molecule has 1 amide bonds. The van der Waals surface area contributed by atoms with Gasteiger partial charge in [0.25, 0.3) is 0 Å². The van der Waals surface area contributed by atoms with Crippen LogP contribution in [0.4, 0.5) is 10.1 Å². The molecule has 0 saturated heterocycles. The molecule has 3 aromatic carbocycles. The van der Waals surface area contributed by atoms with E-state index in [1.165, 1.54) is 19.2 Å². The Hall–Kier alpha value is -4.05. The van der Waals surface area contributed by atoms with Gasteiger partial charge in [0.2, 0.25) is 5.91 Å². The molecule has 164 valence electrons. The standard InChI is InChI=1S/C25H24FN3O3/c1-17(25(30)28-14-13-18-3-6-20(26)7-4-18)29-21-8-10-22(11-9-21)32-23-12-5-19(16-27)15-24(23)31-2/h3-12,15,17,29H,13-14H2,1-2H3,(H,28,30). The molecule has 3 rings (SSSR count). The summed E-state index contributed by atoms with van der Waals surface area (Å²) in [4.78, 5) is 12.3. The average molecular weight is 433 g/mol. The van der Waals surface area contributed by atoms with Crippen molar-refractivity contribution in [2.24, 2.45) is 0 Å². The quantitative estimate of drug-likeness (QED) is 0.513. The number of methoxy groups -OCH3 is 1. The number of carbonyl (C=O) groups is 1. The molecule has 0 aliphatic rings. The Morgan fingerprint density at radius 2 is 1.78 bits per heavy atom. The lowest BCUT2D eigenvalue weighted by Crippen LogP contribution is -2.38. The zero-order valence-electron chi connectivity index (χ0n) is 17.9. The van der Waals surface area contributed by atoms with Crippen LogP contribution in [0.25, 0.3) is 0 Å². The summed E-state index contributed by atoms with van der Waals surface area (Å²) in [5.41, 5.74) is 2.21. The van der Waals surface area contributed by atoms with Crippen LogP contribution in [0.1, 0.15) is 18.1 Å². The van der Waals surface area contributed by atoms with E-state index in [0.717, 1.165) is 11.3 Å². The minimum Gasteiger partial charge on any atom is -0.493 e. The van der Waals surface area contributed by atoms with Crippen molar-refractivity contribution in [3.05, 3.63) is 83.7 Å². The van der Waals surface area contributed by atoms with Gasteiger partial charge >= 0.3 is 0 Å². The van der Waals surface area contributed by atoms with E-state index < -0.39 is 6.04 Å². The maximum atomic E-state index is 12.9. The molecule has 0 aliphatic carbocycles. The lowest BCUT2D eigenvalue weighted by molar-refractivity contribution is -0.121. The van der Waals surface area contributed by atoms with Gasteiger partial charge in [0.05, 0.1) is 18.7 Å². The van der Waals surface area contributed by atoms with E-state index >= 15 is 0 Å². The molecule has 7 heteroatoms. The van der Waals surface area contributed by atoms with E-state index in [1.807, 2.05) is 12.1 Å². The van der Waals surface area contributed by atoms with Crippen LogP contribution in [0.2, 0.25) is 0 Å². The lowest BCUT2D eigenvalue weighted by Gasteiger charge is -2.16. The Bertz CT molecular complexity index is 1090. The topological polar surface area (TPSA) is 83.4 Å². The number of hydrogen-bond acceptors (Lipinski definition) is 5. The number of benzene rings is 3. The lowest BCUT2D eigenvalue weighted by atomic mass is 10.1. The molecule has 0 aliphatic heterocycles. The molecule has 0 radical (unpaired) electrons. The first-order valence-corrected chi connectivity index (χ1v) is 10.1. The second-order valence-electron chi connectivity index (χ2n) is 7.14. The average Bonchev–Trinajstić information content (AvgIpc) is 2.81. The number of hydrogen-bond donors (Lipinski definition) is 2. The van der Waals surface area contributed by atoms with Gasteiger partial charge in [-0.25, -0.2) is 4.39 Å². The number of nitrogens with one attached hydrogen (secondary N) is 2. The van der Waals surface area contributed by atoms with Crippen molar-refractivity contribution < 1.29 is 18.7 Å². The summed E-state index contributed by atoms with van der Waals surface area (Å²) in [6, 6.07) is 20.0. The van der Waals surface area contributed by atoms with Gasteiger partial charge in [-0.15, -0.1) is 0 Å². The Balaban J connectivity index is 1.50. The maximum Gasteiger partial charge on any atom is 0.242 e. The van der Waals surface area contributed by atoms with E-state index in [0.29, 0.717) is 35.8 Å². The summed E-state index contributed by atoms with van der Waals surface area (Å²) >= 11 is 0. The molecule has 0 fully saturated rings. The van der Waals surface area contributed by atoms with Gasteiger partial charge in [0.15, 0.2) is 11.5 Å². The fourth-order valence-electron chi connectivity index (χ4n) is 3.02. The second kappa shape index (κ2) is 10.8. The van der Waals surface area contributed by atoms with Gasteiger partial charge < -0.3 is 20.1 Å². The van der Waals surface area contributed by atoms with Gasteiger partial charge in [0.1, 0.15) is 17.6 Å². The highest BCUT2D eigenvalue weighted by Crippen LogP contribution is 2.32. The SMILES string of the molecule is COc1cc(C#N)ccc1Oc1ccc(NC(C)C(=O)NCCc2ccc(F)cc2)cc1. The first-order chi connectivity index (χ1) is 15.5. The monoisotopic (exact) mass is 433 g/mol. The molecule has 6 nitrogen and oxygen atoms in total. The number of rotatable bonds is 9. The van der Waals surface area contributed by atoms with Crippen molar-refractivity contribution in [3.8, 4) is 23.3 Å². The van der Waals surface area contributed by atoms with Crippen LogP contribution in [0, 0.1) is 17.1 Å². The molecule has 0 saturated carbocycles. The summed E-state index contributed by atoms with van der Waals surface area (Å²) in [5.74, 6) is 1.16. The van der Waals surface area contributed by atoms with Gasteiger partial charge in [0, 0.05) is 18.3 Å². The largest absolute Gasteiger partial charge is 0.493 e. The van der Waals surface area contributed by atoms with Crippen molar-refractivity contribution >= 4 is 11.6 Å². The Morgan fingerprint density at radius 1 is 1.06 bits per heavy atom. The fraction of sp³-hybridized carbons (Fsp3) is 0.200. The molecule has 0 bridgehead atoms. The van der Waals surface area contributed by atoms with Crippen molar-refractivity contribution in [2.75, 3.05) is 19.0 Å². The van der Waals surface area contributed by atoms with Crippen LogP contribution < -0.4 is 20.1 Å². The molecule has 2 N–H and O–H groups in total. The molecule has 3 aromatic rings. The van der Waals surface area contributed by atoms with E-state index in [-0.39, 0.29) is 11.7 Å². The fourth-order valence-corrected chi connectivity index (χ4v) is 3.02. The van der Waals surface area contributed by atoms with E-state index in [1.54, 1.807) is 49.4 Å². The summed E-state index contributed by atoms with van der Waals surface area (Å²) in [6.45, 7) is 2.24. The third kappa shape index (κ3) is 6.22. The van der Waals surface area contributed by atoms with Crippen LogP contribution in [0.5, 0.6) is 17.2 Å². The van der Waals surface area contributed by atoms with Gasteiger partial charge in [-0.1, -0.05) is 12.1 Å². The summed E-state index contributed by atoms with van der Waals surface area (Å²) in [7, 11) is 1.52. The molecular formula is C25H24FN3O3. The predicted octanol–water partition coefficient (Wildman–Crippen LogP) is 4.66. The third-order valence-corrected chi connectivity index (χ3v) is 4.78. The van der Waals surface area contributed by atoms with Gasteiger partial charge in [-0.3, -0.25) is 4.79 Å².